The fraction of sp³-hybridized carbons (Fsp3) is 0.308. The van der Waals surface area contributed by atoms with Crippen LogP contribution in [-0.4, -0.2) is 15.5 Å². The Morgan fingerprint density at radius 2 is 2.05 bits per heavy atom. The predicted octanol–water partition coefficient (Wildman–Crippen LogP) is 1.36. The molecule has 0 bridgehead atoms. The lowest BCUT2D eigenvalue weighted by atomic mass is 10.1. The molecule has 6 heteroatoms. The first-order valence-corrected chi connectivity index (χ1v) is 5.92. The highest BCUT2D eigenvalue weighted by molar-refractivity contribution is 5.79. The minimum atomic E-state index is -0.652. The fourth-order valence-corrected chi connectivity index (χ4v) is 1.64. The van der Waals surface area contributed by atoms with Crippen LogP contribution in [0.15, 0.2) is 23.3 Å². The van der Waals surface area contributed by atoms with E-state index in [0.29, 0.717) is 5.56 Å². The molecule has 19 heavy (non-hydrogen) atoms. The molecule has 5 nitrogen and oxygen atoms in total. The Balaban J connectivity index is 0.000000861. The fourth-order valence-electron chi connectivity index (χ4n) is 1.64. The van der Waals surface area contributed by atoms with Gasteiger partial charge >= 0.3 is 0 Å². The number of hydrogen-bond acceptors (Lipinski definition) is 3. The van der Waals surface area contributed by atoms with E-state index in [1.165, 1.54) is 12.1 Å². The summed E-state index contributed by atoms with van der Waals surface area (Å²) in [6.45, 7) is 5.41. The minimum absolute atomic E-state index is 0.00122. The van der Waals surface area contributed by atoms with Gasteiger partial charge in [0.25, 0.3) is 5.56 Å². The molecule has 0 radical (unpaired) electrons. The number of aryl methyl sites for hydroxylation is 1. The predicted molar refractivity (Wildman–Crippen MR) is 71.2 cm³/mol. The number of halogens is 1. The first-order valence-electron chi connectivity index (χ1n) is 5.92. The molecule has 102 valence electrons. The lowest BCUT2D eigenvalue weighted by Crippen LogP contribution is -2.28. The van der Waals surface area contributed by atoms with Crippen molar-refractivity contribution in [3.05, 3.63) is 40.2 Å². The van der Waals surface area contributed by atoms with Gasteiger partial charge < -0.3 is 5.73 Å². The lowest BCUT2D eigenvalue weighted by molar-refractivity contribution is -0.118. The second kappa shape index (κ2) is 6.08. The summed E-state index contributed by atoms with van der Waals surface area (Å²) in [5, 5.41) is 0.145. The molecule has 1 amide bonds. The summed E-state index contributed by atoms with van der Waals surface area (Å²) in [7, 11) is 0. The van der Waals surface area contributed by atoms with Gasteiger partial charge in [0.1, 0.15) is 17.9 Å². The van der Waals surface area contributed by atoms with E-state index in [0.717, 1.165) is 10.9 Å². The van der Waals surface area contributed by atoms with Crippen LogP contribution in [0.3, 0.4) is 0 Å². The van der Waals surface area contributed by atoms with Gasteiger partial charge in [-0.2, -0.15) is 0 Å². The highest BCUT2D eigenvalue weighted by atomic mass is 19.1. The maximum Gasteiger partial charge on any atom is 0.261 e. The molecule has 2 rings (SSSR count). The number of fused-ring (bicyclic) bond motifs is 1. The normalized spacial score (nSPS) is 9.89. The van der Waals surface area contributed by atoms with E-state index >= 15 is 0 Å². The van der Waals surface area contributed by atoms with Crippen LogP contribution < -0.4 is 11.3 Å². The summed E-state index contributed by atoms with van der Waals surface area (Å²) < 4.78 is 14.6. The molecule has 0 spiro atoms. The van der Waals surface area contributed by atoms with Gasteiger partial charge in [0, 0.05) is 0 Å². The van der Waals surface area contributed by atoms with Gasteiger partial charge in [0.2, 0.25) is 5.91 Å². The van der Waals surface area contributed by atoms with Crippen LogP contribution >= 0.6 is 0 Å². The minimum Gasteiger partial charge on any atom is -0.368 e. The van der Waals surface area contributed by atoms with Gasteiger partial charge in [-0.25, -0.2) is 9.37 Å². The molecule has 0 saturated carbocycles. The van der Waals surface area contributed by atoms with E-state index in [1.54, 1.807) is 6.92 Å². The van der Waals surface area contributed by atoms with E-state index in [2.05, 4.69) is 4.98 Å². The van der Waals surface area contributed by atoms with E-state index in [-0.39, 0.29) is 17.4 Å². The second-order valence-electron chi connectivity index (χ2n) is 3.79. The molecule has 0 aliphatic carbocycles. The molecule has 0 aliphatic heterocycles. The molecule has 0 unspecified atom stereocenters. The number of carbonyl (C=O) groups is 1. The van der Waals surface area contributed by atoms with Gasteiger partial charge in [-0.3, -0.25) is 14.2 Å². The van der Waals surface area contributed by atoms with Crippen LogP contribution in [0.5, 0.6) is 0 Å². The molecule has 1 heterocycles. The van der Waals surface area contributed by atoms with Crippen molar-refractivity contribution in [2.24, 2.45) is 5.73 Å². The Hall–Kier alpha value is -2.24. The Morgan fingerprint density at radius 3 is 2.63 bits per heavy atom. The zero-order valence-electron chi connectivity index (χ0n) is 11.1. The zero-order valence-corrected chi connectivity index (χ0v) is 11.1. The van der Waals surface area contributed by atoms with Crippen molar-refractivity contribution in [3.8, 4) is 0 Å². The maximum absolute atomic E-state index is 13.5. The summed E-state index contributed by atoms with van der Waals surface area (Å²) in [5.41, 5.74) is 5.14. The highest BCUT2D eigenvalue weighted by Crippen LogP contribution is 2.13. The number of amides is 1. The third-order valence-corrected chi connectivity index (χ3v) is 2.35. The molecule has 0 fully saturated rings. The molecule has 1 aromatic carbocycles. The maximum atomic E-state index is 13.5. The molecule has 1 aromatic heterocycles. The van der Waals surface area contributed by atoms with Crippen LogP contribution in [0, 0.1) is 12.7 Å². The van der Waals surface area contributed by atoms with Crippen LogP contribution in [-0.2, 0) is 11.3 Å². The number of carbonyl (C=O) groups excluding carboxylic acids is 1. The monoisotopic (exact) mass is 265 g/mol. The van der Waals surface area contributed by atoms with Gasteiger partial charge in [-0.1, -0.05) is 13.8 Å². The number of aromatic nitrogens is 2. The standard InChI is InChI=1S/C11H10FN3O2.C2H6/c1-6-2-7-10(8(12)3-6)14-5-15(11(7)17)4-9(13)16;1-2/h2-3,5H,4H2,1H3,(H2,13,16);1-2H3. The van der Waals surface area contributed by atoms with Crippen molar-refractivity contribution in [1.82, 2.24) is 9.55 Å². The molecule has 2 N–H and O–H groups in total. The highest BCUT2D eigenvalue weighted by Gasteiger charge is 2.10. The summed E-state index contributed by atoms with van der Waals surface area (Å²) in [6, 6.07) is 2.83. The molecule has 0 atom stereocenters. The topological polar surface area (TPSA) is 78.0 Å². The zero-order chi connectivity index (χ0) is 14.6. The van der Waals surface area contributed by atoms with Crippen molar-refractivity contribution in [2.75, 3.05) is 0 Å². The second-order valence-corrected chi connectivity index (χ2v) is 3.79. The molecule has 0 saturated heterocycles. The van der Waals surface area contributed by atoms with Gasteiger partial charge in [-0.05, 0) is 24.6 Å². The smallest absolute Gasteiger partial charge is 0.261 e. The number of nitrogens with two attached hydrogens (primary N) is 1. The molecule has 2 aromatic rings. The van der Waals surface area contributed by atoms with Gasteiger partial charge in [0.15, 0.2) is 0 Å². The van der Waals surface area contributed by atoms with E-state index < -0.39 is 17.3 Å². The summed E-state index contributed by atoms with van der Waals surface area (Å²) in [4.78, 5) is 26.5. The first kappa shape index (κ1) is 14.8. The number of primary amides is 1. The molecule has 0 aliphatic rings. The molecular formula is C13H16FN3O2. The van der Waals surface area contributed by atoms with Crippen molar-refractivity contribution < 1.29 is 9.18 Å². The van der Waals surface area contributed by atoms with Crippen molar-refractivity contribution in [3.63, 3.8) is 0 Å². The van der Waals surface area contributed by atoms with Crippen molar-refractivity contribution in [2.45, 2.75) is 27.3 Å². The average Bonchev–Trinajstić information content (AvgIpc) is 2.35. The number of nitrogens with zero attached hydrogens (tertiary/aromatic N) is 2. The number of rotatable bonds is 2. The van der Waals surface area contributed by atoms with Crippen LogP contribution in [0.25, 0.3) is 10.9 Å². The summed E-state index contributed by atoms with van der Waals surface area (Å²) >= 11 is 0. The van der Waals surface area contributed by atoms with E-state index in [4.69, 9.17) is 5.73 Å². The lowest BCUT2D eigenvalue weighted by Gasteiger charge is -2.05. The Kier molecular flexibility index (Phi) is 4.74. The van der Waals surface area contributed by atoms with Crippen molar-refractivity contribution >= 4 is 16.8 Å². The largest absolute Gasteiger partial charge is 0.368 e. The Morgan fingerprint density at radius 1 is 1.42 bits per heavy atom. The van der Waals surface area contributed by atoms with Gasteiger partial charge in [-0.15, -0.1) is 0 Å². The number of benzene rings is 1. The summed E-state index contributed by atoms with van der Waals surface area (Å²) in [6.07, 6.45) is 1.12. The van der Waals surface area contributed by atoms with Crippen molar-refractivity contribution in [1.29, 1.82) is 0 Å². The van der Waals surface area contributed by atoms with Crippen LogP contribution in [0.1, 0.15) is 19.4 Å². The summed E-state index contributed by atoms with van der Waals surface area (Å²) in [5.74, 6) is -1.20. The van der Waals surface area contributed by atoms with Gasteiger partial charge in [0.05, 0.1) is 11.7 Å². The van der Waals surface area contributed by atoms with Crippen LogP contribution in [0.4, 0.5) is 4.39 Å². The molecular weight excluding hydrogens is 249 g/mol. The van der Waals surface area contributed by atoms with E-state index in [1.807, 2.05) is 13.8 Å². The SMILES string of the molecule is CC.Cc1cc(F)c2ncn(CC(N)=O)c(=O)c2c1. The van der Waals surface area contributed by atoms with Crippen LogP contribution in [0.2, 0.25) is 0 Å². The Bertz CT molecular complexity index is 665. The third-order valence-electron chi connectivity index (χ3n) is 2.35. The number of hydrogen-bond donors (Lipinski definition) is 1. The quantitative estimate of drug-likeness (QED) is 0.890. The average molecular weight is 265 g/mol. The third kappa shape index (κ3) is 3.15. The Labute approximate surface area is 109 Å². The first-order chi connectivity index (χ1) is 8.99. The van der Waals surface area contributed by atoms with E-state index in [9.17, 15) is 14.0 Å².